The average molecular weight is 488 g/mol. The van der Waals surface area contributed by atoms with Crippen molar-refractivity contribution in [3.63, 3.8) is 0 Å². The fourth-order valence-electron chi connectivity index (χ4n) is 3.16. The van der Waals surface area contributed by atoms with Crippen molar-refractivity contribution in [1.29, 1.82) is 0 Å². The number of halogens is 2. The fourth-order valence-corrected chi connectivity index (χ4v) is 4.88. The number of thiophene rings is 1. The summed E-state index contributed by atoms with van der Waals surface area (Å²) in [5.41, 5.74) is 1.69. The SMILES string of the molecule is CN(C)C(=O)c1cc2c(s1)c(-c1ccc(C(=O)O)cc1)nn2C(=O)c1c(Cl)cccc1Cl. The van der Waals surface area contributed by atoms with Crippen LogP contribution in [0.2, 0.25) is 10.0 Å². The van der Waals surface area contributed by atoms with Crippen molar-refractivity contribution in [2.45, 2.75) is 0 Å². The van der Waals surface area contributed by atoms with E-state index in [1.807, 2.05) is 0 Å². The summed E-state index contributed by atoms with van der Waals surface area (Å²) in [5.74, 6) is -1.81. The summed E-state index contributed by atoms with van der Waals surface area (Å²) in [6.07, 6.45) is 0. The Balaban J connectivity index is 1.94. The van der Waals surface area contributed by atoms with Gasteiger partial charge in [0.1, 0.15) is 5.69 Å². The Labute approximate surface area is 196 Å². The number of carboxylic acid groups (broad SMARTS) is 1. The van der Waals surface area contributed by atoms with Crippen molar-refractivity contribution in [2.75, 3.05) is 14.1 Å². The summed E-state index contributed by atoms with van der Waals surface area (Å²) in [4.78, 5) is 39.0. The highest BCUT2D eigenvalue weighted by Gasteiger charge is 2.25. The van der Waals surface area contributed by atoms with Crippen molar-refractivity contribution in [2.24, 2.45) is 0 Å². The van der Waals surface area contributed by atoms with E-state index in [0.29, 0.717) is 26.4 Å². The molecular formula is C22H15Cl2N3O4S. The first kappa shape index (κ1) is 22.0. The van der Waals surface area contributed by atoms with E-state index in [1.54, 1.807) is 50.5 Å². The minimum Gasteiger partial charge on any atom is -0.478 e. The number of aromatic nitrogens is 2. The molecule has 0 fully saturated rings. The van der Waals surface area contributed by atoms with E-state index in [9.17, 15) is 14.4 Å². The van der Waals surface area contributed by atoms with Gasteiger partial charge in [0.2, 0.25) is 0 Å². The van der Waals surface area contributed by atoms with Gasteiger partial charge >= 0.3 is 5.97 Å². The Morgan fingerprint density at radius 3 is 2.22 bits per heavy atom. The number of carboxylic acids is 1. The lowest BCUT2D eigenvalue weighted by Gasteiger charge is -2.08. The van der Waals surface area contributed by atoms with Crippen LogP contribution in [0.25, 0.3) is 21.5 Å². The van der Waals surface area contributed by atoms with Crippen molar-refractivity contribution in [3.8, 4) is 11.3 Å². The van der Waals surface area contributed by atoms with Gasteiger partial charge in [0.05, 0.1) is 36.3 Å². The van der Waals surface area contributed by atoms with Crippen molar-refractivity contribution < 1.29 is 19.5 Å². The Kier molecular flexibility index (Phi) is 5.77. The van der Waals surface area contributed by atoms with E-state index in [2.05, 4.69) is 5.10 Å². The van der Waals surface area contributed by atoms with E-state index in [-0.39, 0.29) is 27.1 Å². The lowest BCUT2D eigenvalue weighted by molar-refractivity contribution is 0.0696. The van der Waals surface area contributed by atoms with E-state index in [0.717, 1.165) is 0 Å². The first-order valence-corrected chi connectivity index (χ1v) is 10.8. The van der Waals surface area contributed by atoms with E-state index in [4.69, 9.17) is 28.3 Å². The monoisotopic (exact) mass is 487 g/mol. The van der Waals surface area contributed by atoms with E-state index >= 15 is 0 Å². The number of carbonyl (C=O) groups is 3. The maximum Gasteiger partial charge on any atom is 0.335 e. The van der Waals surface area contributed by atoms with Crippen LogP contribution in [0.1, 0.15) is 30.4 Å². The zero-order valence-corrected chi connectivity index (χ0v) is 19.1. The molecule has 0 aliphatic rings. The van der Waals surface area contributed by atoms with Gasteiger partial charge in [-0.05, 0) is 30.3 Å². The second kappa shape index (κ2) is 8.38. The molecule has 1 amide bonds. The summed E-state index contributed by atoms with van der Waals surface area (Å²) >= 11 is 13.7. The zero-order chi connectivity index (χ0) is 23.2. The predicted molar refractivity (Wildman–Crippen MR) is 124 cm³/mol. The molecule has 0 atom stereocenters. The highest BCUT2D eigenvalue weighted by Crippen LogP contribution is 2.36. The van der Waals surface area contributed by atoms with Gasteiger partial charge in [-0.2, -0.15) is 9.78 Å². The molecule has 2 aromatic carbocycles. The van der Waals surface area contributed by atoms with Crippen LogP contribution in [-0.2, 0) is 0 Å². The molecule has 0 spiro atoms. The molecule has 0 aliphatic carbocycles. The Morgan fingerprint density at radius 2 is 1.66 bits per heavy atom. The predicted octanol–water partition coefficient (Wildman–Crippen LogP) is 5.16. The molecule has 32 heavy (non-hydrogen) atoms. The normalized spacial score (nSPS) is 11.0. The summed E-state index contributed by atoms with van der Waals surface area (Å²) in [6.45, 7) is 0. The van der Waals surface area contributed by atoms with Gasteiger partial charge in [0.25, 0.3) is 11.8 Å². The minimum absolute atomic E-state index is 0.0969. The van der Waals surface area contributed by atoms with Crippen molar-refractivity contribution in [3.05, 3.63) is 74.6 Å². The van der Waals surface area contributed by atoms with Crippen molar-refractivity contribution >= 4 is 62.5 Å². The van der Waals surface area contributed by atoms with Gasteiger partial charge in [-0.25, -0.2) is 4.79 Å². The van der Waals surface area contributed by atoms with E-state index < -0.39 is 11.9 Å². The van der Waals surface area contributed by atoms with Gasteiger partial charge in [-0.15, -0.1) is 11.3 Å². The van der Waals surface area contributed by atoms with Gasteiger partial charge in [-0.3, -0.25) is 9.59 Å². The number of rotatable bonds is 4. The molecule has 0 aliphatic heterocycles. The smallest absolute Gasteiger partial charge is 0.335 e. The first-order chi connectivity index (χ1) is 15.2. The number of carbonyl (C=O) groups excluding carboxylic acids is 2. The topological polar surface area (TPSA) is 92.5 Å². The maximum absolute atomic E-state index is 13.4. The molecule has 162 valence electrons. The molecular weight excluding hydrogens is 473 g/mol. The number of fused-ring (bicyclic) bond motifs is 1. The summed E-state index contributed by atoms with van der Waals surface area (Å²) in [7, 11) is 3.28. The summed E-state index contributed by atoms with van der Waals surface area (Å²) < 4.78 is 1.78. The Hall–Kier alpha value is -3.20. The number of aromatic carboxylic acids is 1. The lowest BCUT2D eigenvalue weighted by Crippen LogP contribution is -2.20. The van der Waals surface area contributed by atoms with Crippen LogP contribution in [0.3, 0.4) is 0 Å². The molecule has 2 heterocycles. The average Bonchev–Trinajstić information content (AvgIpc) is 3.32. The van der Waals surface area contributed by atoms with E-state index in [1.165, 1.54) is 33.1 Å². The third-order valence-corrected chi connectivity index (χ3v) is 6.50. The van der Waals surface area contributed by atoms with Crippen LogP contribution in [0.4, 0.5) is 0 Å². The highest BCUT2D eigenvalue weighted by molar-refractivity contribution is 7.21. The third kappa shape index (κ3) is 3.77. The number of hydrogen-bond acceptors (Lipinski definition) is 5. The van der Waals surface area contributed by atoms with Gasteiger partial charge in [0, 0.05) is 19.7 Å². The van der Waals surface area contributed by atoms with Crippen molar-refractivity contribution in [1.82, 2.24) is 14.7 Å². The fraction of sp³-hybridized carbons (Fsp3) is 0.0909. The molecule has 0 bridgehead atoms. The van der Waals surface area contributed by atoms with Crippen LogP contribution in [0.15, 0.2) is 48.5 Å². The van der Waals surface area contributed by atoms with Crippen LogP contribution in [0.5, 0.6) is 0 Å². The van der Waals surface area contributed by atoms with Crippen LogP contribution < -0.4 is 0 Å². The second-order valence-corrected chi connectivity index (χ2v) is 8.94. The molecule has 4 aromatic rings. The third-order valence-electron chi connectivity index (χ3n) is 4.75. The Bertz CT molecular complexity index is 1370. The molecule has 0 radical (unpaired) electrons. The van der Waals surface area contributed by atoms with Gasteiger partial charge in [0.15, 0.2) is 0 Å². The second-order valence-electron chi connectivity index (χ2n) is 7.07. The standard InChI is InChI=1S/C22H15Cl2N3O4S/c1-26(2)20(28)16-10-15-19(32-16)18(11-6-8-12(9-7-11)22(30)31)25-27(15)21(29)17-13(23)4-3-5-14(17)24/h3-10H,1-2H3,(H,30,31). The number of benzene rings is 2. The van der Waals surface area contributed by atoms with Gasteiger partial charge < -0.3 is 10.0 Å². The molecule has 0 unspecified atom stereocenters. The van der Waals surface area contributed by atoms with Crippen LogP contribution >= 0.6 is 34.5 Å². The molecule has 1 N–H and O–H groups in total. The number of nitrogens with zero attached hydrogens (tertiary/aromatic N) is 3. The zero-order valence-electron chi connectivity index (χ0n) is 16.8. The highest BCUT2D eigenvalue weighted by atomic mass is 35.5. The molecule has 4 rings (SSSR count). The molecule has 0 saturated heterocycles. The maximum atomic E-state index is 13.4. The number of amides is 1. The summed E-state index contributed by atoms with van der Waals surface area (Å²) in [5, 5.41) is 14.0. The number of hydrogen-bond donors (Lipinski definition) is 1. The molecule has 10 heteroatoms. The molecule has 7 nitrogen and oxygen atoms in total. The van der Waals surface area contributed by atoms with Crippen LogP contribution in [-0.4, -0.2) is 51.7 Å². The minimum atomic E-state index is -1.05. The van der Waals surface area contributed by atoms with Gasteiger partial charge in [-0.1, -0.05) is 41.4 Å². The molecule has 2 aromatic heterocycles. The quantitative estimate of drug-likeness (QED) is 0.429. The Morgan fingerprint density at radius 1 is 1.03 bits per heavy atom. The molecule has 0 saturated carbocycles. The van der Waals surface area contributed by atoms with Crippen LogP contribution in [0, 0.1) is 0 Å². The largest absolute Gasteiger partial charge is 0.478 e. The lowest BCUT2D eigenvalue weighted by atomic mass is 10.1. The summed E-state index contributed by atoms with van der Waals surface area (Å²) in [6, 6.07) is 12.5. The first-order valence-electron chi connectivity index (χ1n) is 9.25.